The van der Waals surface area contributed by atoms with Gasteiger partial charge in [-0.15, -0.1) is 36.9 Å². The Morgan fingerprint density at radius 3 is 2.74 bits per heavy atom. The van der Waals surface area contributed by atoms with E-state index in [-0.39, 0.29) is 18.3 Å². The zero-order valence-corrected chi connectivity index (χ0v) is 18.8. The molecule has 0 unspecified atom stereocenters. The van der Waals surface area contributed by atoms with Crippen molar-refractivity contribution in [3.05, 3.63) is 78.0 Å². The summed E-state index contributed by atoms with van der Waals surface area (Å²) in [6.45, 7) is 10.1. The Morgan fingerprint density at radius 2 is 2.03 bits per heavy atom. The first-order chi connectivity index (χ1) is 14.5. The summed E-state index contributed by atoms with van der Waals surface area (Å²) in [7, 11) is 1.71. The van der Waals surface area contributed by atoms with Crippen LogP contribution in [0.3, 0.4) is 0 Å². The van der Waals surface area contributed by atoms with E-state index in [9.17, 15) is 9.18 Å². The lowest BCUT2D eigenvalue weighted by atomic mass is 10.1. The van der Waals surface area contributed by atoms with Gasteiger partial charge in [-0.2, -0.15) is 0 Å². The van der Waals surface area contributed by atoms with Gasteiger partial charge in [-0.05, 0) is 18.2 Å². The fourth-order valence-electron chi connectivity index (χ4n) is 3.59. The minimum atomic E-state index is -0.438. The number of hydrogen-bond donors (Lipinski definition) is 0. The van der Waals surface area contributed by atoms with E-state index < -0.39 is 5.82 Å². The second-order valence-corrected chi connectivity index (χ2v) is 8.01. The van der Waals surface area contributed by atoms with Gasteiger partial charge in [-0.3, -0.25) is 14.3 Å². The summed E-state index contributed by atoms with van der Waals surface area (Å²) in [6, 6.07) is 4.25. The highest BCUT2D eigenvalue weighted by Crippen LogP contribution is 2.32. The molecule has 4 rings (SSSR count). The molecule has 9 heteroatoms. The van der Waals surface area contributed by atoms with Crippen LogP contribution in [0.5, 0.6) is 0 Å². The maximum Gasteiger partial charge on any atom is 0.256 e. The number of thiazole rings is 1. The van der Waals surface area contributed by atoms with Crippen molar-refractivity contribution in [2.75, 3.05) is 20.1 Å². The van der Waals surface area contributed by atoms with E-state index in [1.54, 1.807) is 24.3 Å². The van der Waals surface area contributed by atoms with Crippen LogP contribution in [0.15, 0.2) is 55.2 Å². The lowest BCUT2D eigenvalue weighted by Gasteiger charge is -2.16. The van der Waals surface area contributed by atoms with E-state index >= 15 is 0 Å². The molecule has 0 bridgehead atoms. The summed E-state index contributed by atoms with van der Waals surface area (Å²) in [5.41, 5.74) is 3.48. The van der Waals surface area contributed by atoms with Gasteiger partial charge in [0.1, 0.15) is 22.8 Å². The number of benzene rings is 1. The first-order valence-electron chi connectivity index (χ1n) is 9.52. The van der Waals surface area contributed by atoms with Gasteiger partial charge >= 0.3 is 0 Å². The van der Waals surface area contributed by atoms with Gasteiger partial charge in [0.25, 0.3) is 5.91 Å². The molecule has 6 nitrogen and oxygen atoms in total. The summed E-state index contributed by atoms with van der Waals surface area (Å²) in [4.78, 5) is 25.9. The van der Waals surface area contributed by atoms with Crippen molar-refractivity contribution in [1.82, 2.24) is 24.3 Å². The molecule has 3 heterocycles. The number of aromatic nitrogens is 3. The van der Waals surface area contributed by atoms with E-state index in [0.29, 0.717) is 24.3 Å². The van der Waals surface area contributed by atoms with Crippen molar-refractivity contribution in [2.45, 2.75) is 13.1 Å². The lowest BCUT2D eigenvalue weighted by Crippen LogP contribution is -2.25. The number of amides is 1. The van der Waals surface area contributed by atoms with Crippen LogP contribution in [0.4, 0.5) is 4.39 Å². The summed E-state index contributed by atoms with van der Waals surface area (Å²) >= 11 is 1.52. The monoisotopic (exact) mass is 459 g/mol. The van der Waals surface area contributed by atoms with Gasteiger partial charge in [-0.25, -0.2) is 14.4 Å². The highest BCUT2D eigenvalue weighted by molar-refractivity contribution is 7.13. The lowest BCUT2D eigenvalue weighted by molar-refractivity contribution is 0.0787. The maximum atomic E-state index is 13.8. The number of hydrogen-bond acceptors (Lipinski definition) is 5. The maximum absolute atomic E-state index is 13.8. The van der Waals surface area contributed by atoms with Gasteiger partial charge in [0.15, 0.2) is 0 Å². The number of imidazole rings is 1. The van der Waals surface area contributed by atoms with Crippen LogP contribution in [0.1, 0.15) is 21.7 Å². The molecule has 0 atom stereocenters. The summed E-state index contributed by atoms with van der Waals surface area (Å²) in [6.07, 6.45) is 5.40. The number of carbonyl (C=O) groups is 1. The molecule has 0 fully saturated rings. The predicted molar refractivity (Wildman–Crippen MR) is 123 cm³/mol. The molecule has 3 aromatic rings. The Morgan fingerprint density at radius 1 is 1.29 bits per heavy atom. The van der Waals surface area contributed by atoms with Crippen molar-refractivity contribution in [3.8, 4) is 16.4 Å². The molecule has 1 aliphatic rings. The Hall–Kier alpha value is -2.81. The zero-order chi connectivity index (χ0) is 21.3. The number of carbonyl (C=O) groups excluding carboxylic acids is 1. The molecule has 0 N–H and O–H groups in total. The van der Waals surface area contributed by atoms with Crippen molar-refractivity contribution in [3.63, 3.8) is 0 Å². The number of rotatable bonds is 7. The average Bonchev–Trinajstić information content (AvgIpc) is 3.32. The minimum absolute atomic E-state index is 0. The minimum Gasteiger partial charge on any atom is -0.336 e. The van der Waals surface area contributed by atoms with Gasteiger partial charge < -0.3 is 4.90 Å². The largest absolute Gasteiger partial charge is 0.336 e. The zero-order valence-electron chi connectivity index (χ0n) is 17.1. The van der Waals surface area contributed by atoms with Gasteiger partial charge in [0, 0.05) is 32.1 Å². The number of fused-ring (bicyclic) bond motifs is 3. The van der Waals surface area contributed by atoms with Crippen molar-refractivity contribution in [1.29, 1.82) is 0 Å². The van der Waals surface area contributed by atoms with Gasteiger partial charge in [-0.1, -0.05) is 12.2 Å². The molecule has 2 aromatic heterocycles. The molecule has 0 saturated heterocycles. The van der Waals surface area contributed by atoms with Crippen LogP contribution in [-0.4, -0.2) is 50.4 Å². The summed E-state index contributed by atoms with van der Waals surface area (Å²) < 4.78 is 15.6. The van der Waals surface area contributed by atoms with Gasteiger partial charge in [0.05, 0.1) is 29.2 Å². The highest BCUT2D eigenvalue weighted by atomic mass is 35.5. The van der Waals surface area contributed by atoms with E-state index in [1.807, 2.05) is 22.1 Å². The Balaban J connectivity index is 0.00000272. The molecule has 0 spiro atoms. The van der Waals surface area contributed by atoms with E-state index in [2.05, 4.69) is 23.0 Å². The smallest absolute Gasteiger partial charge is 0.256 e. The fraction of sp³-hybridized carbons (Fsp3) is 0.227. The van der Waals surface area contributed by atoms with Crippen LogP contribution in [-0.2, 0) is 13.1 Å². The van der Waals surface area contributed by atoms with Crippen molar-refractivity contribution in [2.24, 2.45) is 0 Å². The SMILES string of the molecule is C=CCN(CC=C)Cc1csc(-c2ncn3c2CN(C)C(=O)c2cc(F)ccc2-3)n1.Cl. The second-order valence-electron chi connectivity index (χ2n) is 7.15. The van der Waals surface area contributed by atoms with Gasteiger partial charge in [0.2, 0.25) is 0 Å². The molecular formula is C22H23ClFN5OS. The third kappa shape index (κ3) is 4.46. The fourth-order valence-corrected chi connectivity index (χ4v) is 4.42. The predicted octanol–water partition coefficient (Wildman–Crippen LogP) is 4.32. The normalized spacial score (nSPS) is 12.7. The molecule has 0 radical (unpaired) electrons. The first-order valence-corrected chi connectivity index (χ1v) is 10.4. The van der Waals surface area contributed by atoms with E-state index in [0.717, 1.165) is 35.2 Å². The average molecular weight is 460 g/mol. The van der Waals surface area contributed by atoms with E-state index in [1.165, 1.54) is 23.5 Å². The van der Waals surface area contributed by atoms with Crippen LogP contribution in [0.25, 0.3) is 16.4 Å². The molecule has 1 aromatic carbocycles. The standard InChI is InChI=1S/C22H22FN5OS.ClH/c1-4-8-27(9-5-2)11-16-13-30-21(25-16)20-19-12-26(3)22(29)17-10-15(23)6-7-18(17)28(19)14-24-20;/h4-7,10,13-14H,1-2,8-9,11-12H2,3H3;1H. The third-order valence-electron chi connectivity index (χ3n) is 4.96. The van der Waals surface area contributed by atoms with Crippen LogP contribution < -0.4 is 0 Å². The Bertz CT molecular complexity index is 1120. The third-order valence-corrected chi connectivity index (χ3v) is 5.86. The van der Waals surface area contributed by atoms with Crippen LogP contribution in [0.2, 0.25) is 0 Å². The molecule has 1 amide bonds. The Kier molecular flexibility index (Phi) is 7.04. The molecule has 31 heavy (non-hydrogen) atoms. The molecule has 0 saturated carbocycles. The molecule has 0 aliphatic carbocycles. The molecule has 1 aliphatic heterocycles. The molecular weight excluding hydrogens is 437 g/mol. The first kappa shape index (κ1) is 22.9. The van der Waals surface area contributed by atoms with Crippen LogP contribution in [0, 0.1) is 5.82 Å². The summed E-state index contributed by atoms with van der Waals surface area (Å²) in [5.74, 6) is -0.657. The van der Waals surface area contributed by atoms with Crippen molar-refractivity contribution >= 4 is 29.7 Å². The highest BCUT2D eigenvalue weighted by Gasteiger charge is 2.28. The Labute approximate surface area is 190 Å². The molecule has 162 valence electrons. The van der Waals surface area contributed by atoms with Crippen LogP contribution >= 0.6 is 23.7 Å². The van der Waals surface area contributed by atoms with E-state index in [4.69, 9.17) is 4.98 Å². The quantitative estimate of drug-likeness (QED) is 0.494. The number of nitrogens with zero attached hydrogens (tertiary/aromatic N) is 5. The number of halogens is 2. The second kappa shape index (κ2) is 9.55. The summed E-state index contributed by atoms with van der Waals surface area (Å²) in [5, 5.41) is 2.82. The topological polar surface area (TPSA) is 54.3 Å². The van der Waals surface area contributed by atoms with Crippen molar-refractivity contribution < 1.29 is 9.18 Å².